The molecular weight excluding hydrogens is 374 g/mol. The predicted octanol–water partition coefficient (Wildman–Crippen LogP) is 1.79. The van der Waals surface area contributed by atoms with Crippen LogP contribution in [0.1, 0.15) is 43.7 Å². The molecule has 0 unspecified atom stereocenters. The Hall–Kier alpha value is -1.44. The van der Waals surface area contributed by atoms with Crippen LogP contribution in [0.2, 0.25) is 0 Å². The molecule has 1 aromatic rings. The molecule has 1 saturated carbocycles. The molecule has 0 radical (unpaired) electrons. The smallest absolute Gasteiger partial charge is 0.243 e. The van der Waals surface area contributed by atoms with E-state index in [2.05, 4.69) is 12.2 Å². The molecule has 2 fully saturated rings. The van der Waals surface area contributed by atoms with E-state index < -0.39 is 10.0 Å². The molecule has 4 rings (SSSR count). The second kappa shape index (κ2) is 8.13. The van der Waals surface area contributed by atoms with E-state index in [1.54, 1.807) is 10.4 Å². The number of nitrogens with one attached hydrogen (secondary N) is 1. The van der Waals surface area contributed by atoms with E-state index in [4.69, 9.17) is 0 Å². The molecule has 7 heteroatoms. The molecule has 1 amide bonds. The number of carbonyl (C=O) groups excluding carboxylic acids is 1. The maximum absolute atomic E-state index is 13.1. The van der Waals surface area contributed by atoms with Gasteiger partial charge in [-0.15, -0.1) is 0 Å². The van der Waals surface area contributed by atoms with Crippen LogP contribution in [0.5, 0.6) is 0 Å². The largest absolute Gasteiger partial charge is 0.352 e. The van der Waals surface area contributed by atoms with Gasteiger partial charge in [0.05, 0.1) is 11.4 Å². The van der Waals surface area contributed by atoms with Crippen LogP contribution < -0.4 is 5.32 Å². The van der Waals surface area contributed by atoms with Crippen LogP contribution in [-0.4, -0.2) is 62.3 Å². The lowest BCUT2D eigenvalue weighted by Gasteiger charge is -2.34. The molecule has 1 aromatic carbocycles. The third kappa shape index (κ3) is 4.42. The summed E-state index contributed by atoms with van der Waals surface area (Å²) in [7, 11) is -3.46. The number of carbonyl (C=O) groups is 1. The van der Waals surface area contributed by atoms with Gasteiger partial charge in [-0.1, -0.05) is 6.07 Å². The summed E-state index contributed by atoms with van der Waals surface area (Å²) in [6, 6.07) is 5.88. The van der Waals surface area contributed by atoms with Gasteiger partial charge in [0.15, 0.2) is 0 Å². The minimum Gasteiger partial charge on any atom is -0.352 e. The highest BCUT2D eigenvalue weighted by Gasteiger charge is 2.31. The Bertz CT molecular complexity index is 827. The number of benzene rings is 1. The number of nitrogens with zero attached hydrogens (tertiary/aromatic N) is 2. The molecule has 0 bridgehead atoms. The average Bonchev–Trinajstić information content (AvgIpc) is 3.53. The maximum atomic E-state index is 13.1. The standard InChI is InChI=1S/C21H31N3O3S/c1-16(17-6-7-17)22-21(25)15-23-10-12-24(13-11-23)28(26,27)20-9-8-18-4-2-3-5-19(18)14-20/h8-9,14,16-17H,2-7,10-13,15H2,1H3,(H,22,25)/t16-/m1/s1. The van der Waals surface area contributed by atoms with Crippen molar-refractivity contribution in [1.82, 2.24) is 14.5 Å². The zero-order chi connectivity index (χ0) is 19.7. The second-order valence-electron chi connectivity index (χ2n) is 8.51. The summed E-state index contributed by atoms with van der Waals surface area (Å²) in [6.07, 6.45) is 6.77. The normalized spacial score (nSPS) is 22.5. The Kier molecular flexibility index (Phi) is 5.76. The monoisotopic (exact) mass is 405 g/mol. The van der Waals surface area contributed by atoms with Gasteiger partial charge in [-0.05, 0) is 74.6 Å². The van der Waals surface area contributed by atoms with Gasteiger partial charge in [0, 0.05) is 32.2 Å². The van der Waals surface area contributed by atoms with Gasteiger partial charge in [0.1, 0.15) is 0 Å². The predicted molar refractivity (Wildman–Crippen MR) is 109 cm³/mol. The molecule has 1 N–H and O–H groups in total. The Morgan fingerprint density at radius 3 is 2.46 bits per heavy atom. The molecule has 154 valence electrons. The van der Waals surface area contributed by atoms with Gasteiger partial charge in [0.2, 0.25) is 15.9 Å². The summed E-state index contributed by atoms with van der Waals surface area (Å²) in [6.45, 7) is 4.48. The lowest BCUT2D eigenvalue weighted by atomic mass is 9.92. The number of aryl methyl sites for hydroxylation is 2. The number of amides is 1. The van der Waals surface area contributed by atoms with E-state index in [1.807, 2.05) is 17.0 Å². The molecule has 0 spiro atoms. The van der Waals surface area contributed by atoms with Gasteiger partial charge in [-0.3, -0.25) is 9.69 Å². The first-order valence-electron chi connectivity index (χ1n) is 10.6. The fourth-order valence-corrected chi connectivity index (χ4v) is 5.84. The first kappa shape index (κ1) is 19.9. The fraction of sp³-hybridized carbons (Fsp3) is 0.667. The molecule has 28 heavy (non-hydrogen) atoms. The minimum absolute atomic E-state index is 0.0467. The molecule has 0 aromatic heterocycles. The van der Waals surface area contributed by atoms with E-state index in [9.17, 15) is 13.2 Å². The Balaban J connectivity index is 1.33. The zero-order valence-corrected chi connectivity index (χ0v) is 17.5. The average molecular weight is 406 g/mol. The summed E-state index contributed by atoms with van der Waals surface area (Å²) < 4.78 is 27.7. The fourth-order valence-electron chi connectivity index (χ4n) is 4.36. The van der Waals surface area contributed by atoms with Crippen LogP contribution in [0.15, 0.2) is 23.1 Å². The number of piperazine rings is 1. The maximum Gasteiger partial charge on any atom is 0.243 e. The lowest BCUT2D eigenvalue weighted by Crippen LogP contribution is -2.51. The highest BCUT2D eigenvalue weighted by Crippen LogP contribution is 2.32. The Labute approximate surface area is 168 Å². The van der Waals surface area contributed by atoms with E-state index in [1.165, 1.54) is 30.4 Å². The number of sulfonamides is 1. The summed E-state index contributed by atoms with van der Waals surface area (Å²) in [5.41, 5.74) is 2.48. The molecule has 1 aliphatic heterocycles. The SMILES string of the molecule is C[C@@H](NC(=O)CN1CCN(S(=O)(=O)c2ccc3c(c2)CCCC3)CC1)C1CC1. The third-order valence-electron chi connectivity index (χ3n) is 6.37. The van der Waals surface area contributed by atoms with Gasteiger partial charge in [-0.2, -0.15) is 4.31 Å². The Morgan fingerprint density at radius 1 is 1.11 bits per heavy atom. The molecule has 1 heterocycles. The molecule has 3 aliphatic rings. The summed E-state index contributed by atoms with van der Waals surface area (Å²) in [5.74, 6) is 0.688. The highest BCUT2D eigenvalue weighted by atomic mass is 32.2. The van der Waals surface area contributed by atoms with Crippen LogP contribution in [0, 0.1) is 5.92 Å². The van der Waals surface area contributed by atoms with Crippen molar-refractivity contribution in [1.29, 1.82) is 0 Å². The van der Waals surface area contributed by atoms with Gasteiger partial charge >= 0.3 is 0 Å². The van der Waals surface area contributed by atoms with E-state index in [0.717, 1.165) is 19.3 Å². The summed E-state index contributed by atoms with van der Waals surface area (Å²) >= 11 is 0. The van der Waals surface area contributed by atoms with Crippen molar-refractivity contribution >= 4 is 15.9 Å². The van der Waals surface area contributed by atoms with Crippen molar-refractivity contribution in [3.8, 4) is 0 Å². The van der Waals surface area contributed by atoms with Crippen molar-refractivity contribution < 1.29 is 13.2 Å². The van der Waals surface area contributed by atoms with E-state index in [0.29, 0.717) is 43.5 Å². The van der Waals surface area contributed by atoms with E-state index in [-0.39, 0.29) is 11.9 Å². The van der Waals surface area contributed by atoms with Crippen molar-refractivity contribution in [3.63, 3.8) is 0 Å². The molecule has 2 aliphatic carbocycles. The summed E-state index contributed by atoms with van der Waals surface area (Å²) in [4.78, 5) is 14.7. The van der Waals surface area contributed by atoms with Crippen molar-refractivity contribution in [2.45, 2.75) is 56.4 Å². The third-order valence-corrected chi connectivity index (χ3v) is 8.27. The molecule has 6 nitrogen and oxygen atoms in total. The van der Waals surface area contributed by atoms with Crippen molar-refractivity contribution in [3.05, 3.63) is 29.3 Å². The van der Waals surface area contributed by atoms with Crippen LogP contribution in [0.3, 0.4) is 0 Å². The quantitative estimate of drug-likeness (QED) is 0.783. The number of hydrogen-bond acceptors (Lipinski definition) is 4. The van der Waals surface area contributed by atoms with E-state index >= 15 is 0 Å². The molecule has 1 saturated heterocycles. The van der Waals surface area contributed by atoms with Gasteiger partial charge in [-0.25, -0.2) is 8.42 Å². The van der Waals surface area contributed by atoms with Gasteiger partial charge < -0.3 is 5.32 Å². The minimum atomic E-state index is -3.46. The molecule has 1 atom stereocenters. The first-order valence-corrected chi connectivity index (χ1v) is 12.0. The second-order valence-corrected chi connectivity index (χ2v) is 10.4. The van der Waals surface area contributed by atoms with Crippen molar-refractivity contribution in [2.24, 2.45) is 5.92 Å². The van der Waals surface area contributed by atoms with Crippen LogP contribution >= 0.6 is 0 Å². The topological polar surface area (TPSA) is 69.7 Å². The first-order chi connectivity index (χ1) is 13.4. The lowest BCUT2D eigenvalue weighted by molar-refractivity contribution is -0.123. The number of rotatable bonds is 6. The Morgan fingerprint density at radius 2 is 1.79 bits per heavy atom. The van der Waals surface area contributed by atoms with Crippen LogP contribution in [0.4, 0.5) is 0 Å². The number of fused-ring (bicyclic) bond motifs is 1. The zero-order valence-electron chi connectivity index (χ0n) is 16.7. The van der Waals surface area contributed by atoms with Crippen LogP contribution in [0.25, 0.3) is 0 Å². The van der Waals surface area contributed by atoms with Crippen LogP contribution in [-0.2, 0) is 27.7 Å². The van der Waals surface area contributed by atoms with Gasteiger partial charge in [0.25, 0.3) is 0 Å². The van der Waals surface area contributed by atoms with Crippen molar-refractivity contribution in [2.75, 3.05) is 32.7 Å². The number of hydrogen-bond donors (Lipinski definition) is 1. The molecular formula is C21H31N3O3S. The summed E-state index contributed by atoms with van der Waals surface area (Å²) in [5, 5.41) is 3.07. The highest BCUT2D eigenvalue weighted by molar-refractivity contribution is 7.89.